The highest BCUT2D eigenvalue weighted by Gasteiger charge is 2.85. The topological polar surface area (TPSA) is 396 Å². The van der Waals surface area contributed by atoms with Crippen LogP contribution in [0.2, 0.25) is 0 Å². The Morgan fingerprint density at radius 2 is 1.30 bits per heavy atom. The van der Waals surface area contributed by atoms with Gasteiger partial charge in [-0.25, -0.2) is 4.18 Å². The first-order valence-corrected chi connectivity index (χ1v) is 29.9. The lowest BCUT2D eigenvalue weighted by molar-refractivity contribution is -0.389. The van der Waals surface area contributed by atoms with Crippen molar-refractivity contribution in [2.45, 2.75) is 253 Å². The number of aliphatic hydroxyl groups is 11. The van der Waals surface area contributed by atoms with E-state index in [2.05, 4.69) is 20.8 Å². The fourth-order valence-electron chi connectivity index (χ4n) is 16.4. The standard InChI is InChI=1S/C54H88O26S/c1-23(2)11-10-15-52(8)53(66)18-17-51(7)25-12-13-30-49(4,5)32(14-16-50(30,6)26(25)19-31(57)54(51,53)48(65)79-52)75-47-43(35(60)29(22-71-47)80-81(67,68)69)78-44-37(62)36(61)40(24(3)72-44)76-46-39(64)42(34(59)28(21-56)74-46)77-45-38(63)41(70-9)33(58)27(20-55)73-45/h19,23-25,27-47,55-64,66H,10-18,20-22H2,1-9H3,(H,67,68,69)/t24-,25?,27-,28-,29+,30?,31-,32-,33-,34-,35-,36-,37-,38-,39-,40-,41+,42+,43+,44+,45+,46+,47-,50+,51-,52-,53-,54?/m0/s1. The highest BCUT2D eigenvalue weighted by atomic mass is 32.3. The quantitative estimate of drug-likeness (QED) is 0.0345. The molecule has 3 saturated carbocycles. The van der Waals surface area contributed by atoms with Crippen LogP contribution in [-0.4, -0.2) is 242 Å². The summed E-state index contributed by atoms with van der Waals surface area (Å²) in [4.78, 5) is 14.5. The van der Waals surface area contributed by atoms with Gasteiger partial charge in [-0.05, 0) is 99.2 Å². The van der Waals surface area contributed by atoms with Crippen LogP contribution in [0.4, 0.5) is 0 Å². The molecular formula is C54H88O26S. The van der Waals surface area contributed by atoms with Gasteiger partial charge in [-0.3, -0.25) is 9.35 Å². The number of esters is 1. The van der Waals surface area contributed by atoms with Gasteiger partial charge in [-0.1, -0.05) is 59.6 Å². The molecule has 28 atom stereocenters. The molecule has 0 aromatic rings. The fraction of sp³-hybridized carbons (Fsp3) is 0.944. The molecule has 12 N–H and O–H groups in total. The average Bonchev–Trinajstić information content (AvgIpc) is 1.90. The number of allylic oxidation sites excluding steroid dienone is 1. The lowest BCUT2D eigenvalue weighted by atomic mass is 9.40. The first-order chi connectivity index (χ1) is 37.8. The van der Waals surface area contributed by atoms with E-state index in [0.29, 0.717) is 50.9 Å². The summed E-state index contributed by atoms with van der Waals surface area (Å²) < 4.78 is 97.9. The van der Waals surface area contributed by atoms with E-state index in [9.17, 15) is 73.9 Å². The zero-order valence-electron chi connectivity index (χ0n) is 47.4. The molecule has 27 heteroatoms. The van der Waals surface area contributed by atoms with Crippen LogP contribution in [0.1, 0.15) is 113 Å². The molecule has 5 saturated heterocycles. The minimum Gasteiger partial charge on any atom is -0.456 e. The van der Waals surface area contributed by atoms with Crippen molar-refractivity contribution in [3.63, 3.8) is 0 Å². The molecule has 0 amide bonds. The highest BCUT2D eigenvalue weighted by Crippen LogP contribution is 2.77. The van der Waals surface area contributed by atoms with Crippen LogP contribution in [0.3, 0.4) is 0 Å². The summed E-state index contributed by atoms with van der Waals surface area (Å²) in [6, 6.07) is 0. The van der Waals surface area contributed by atoms with Gasteiger partial charge in [0.1, 0.15) is 102 Å². The molecule has 5 aliphatic heterocycles. The Morgan fingerprint density at radius 3 is 1.90 bits per heavy atom. The Labute approximate surface area is 471 Å². The number of carbonyl (C=O) groups excluding carboxylic acids is 1. The zero-order chi connectivity index (χ0) is 59.5. The second-order valence-corrected chi connectivity index (χ2v) is 27.1. The maximum Gasteiger partial charge on any atom is 0.397 e. The number of cyclic esters (lactones) is 1. The maximum absolute atomic E-state index is 14.5. The molecule has 0 radical (unpaired) electrons. The van der Waals surface area contributed by atoms with Gasteiger partial charge in [0.15, 0.2) is 25.2 Å². The third kappa shape index (κ3) is 10.4. The predicted molar refractivity (Wildman–Crippen MR) is 274 cm³/mol. The third-order valence-corrected chi connectivity index (χ3v) is 21.3. The van der Waals surface area contributed by atoms with Crippen molar-refractivity contribution in [3.8, 4) is 0 Å². The monoisotopic (exact) mass is 1180 g/mol. The number of hydrogen-bond acceptors (Lipinski definition) is 25. The SMILES string of the molecule is CO[C@H]1[C@H](O)[C@@H](O[C@H]2[C@H](O)[C@@H](O[C@@H]3[C@@H](O)[C@H](O)[C@@H](O[C@H]4[C@H](O[C@H]5CC[C@]6(C)C7=C[C@H](O)C89C(=O)O[C@@](C)(CCCC(C)C)[C@@]8(O)CC[C@@]9(C)C7CCC6C5(C)C)OC[C@@H](OS(=O)(=O)O)[C@@H]4O)O[C@H]3C)O[C@@H](CO)[C@@H]2O)O[C@@H](CO)[C@@H]1O. The molecule has 1 spiro atoms. The van der Waals surface area contributed by atoms with E-state index < -0.39 is 198 Å². The summed E-state index contributed by atoms with van der Waals surface area (Å²) in [5, 5.41) is 125. The van der Waals surface area contributed by atoms with Gasteiger partial charge < -0.3 is 104 Å². The number of aliphatic hydroxyl groups excluding tert-OH is 10. The van der Waals surface area contributed by atoms with Gasteiger partial charge in [0.2, 0.25) is 0 Å². The van der Waals surface area contributed by atoms with Gasteiger partial charge >= 0.3 is 16.4 Å². The molecule has 9 aliphatic rings. The first-order valence-electron chi connectivity index (χ1n) is 28.5. The number of rotatable bonds is 17. The molecule has 81 heavy (non-hydrogen) atoms. The molecule has 26 nitrogen and oxygen atoms in total. The summed E-state index contributed by atoms with van der Waals surface area (Å²) in [5.41, 5.74) is -5.44. The van der Waals surface area contributed by atoms with E-state index in [1.807, 2.05) is 33.8 Å². The Hall–Kier alpha value is -1.72. The fourth-order valence-corrected chi connectivity index (χ4v) is 16.9. The number of fused-ring (bicyclic) bond motifs is 4. The molecule has 466 valence electrons. The first kappa shape index (κ1) is 63.8. The maximum atomic E-state index is 14.5. The largest absolute Gasteiger partial charge is 0.456 e. The summed E-state index contributed by atoms with van der Waals surface area (Å²) >= 11 is 0. The summed E-state index contributed by atoms with van der Waals surface area (Å²) in [7, 11) is -4.01. The third-order valence-electron chi connectivity index (χ3n) is 20.8. The Bertz CT molecular complexity index is 2380. The molecule has 4 aliphatic carbocycles. The molecular weight excluding hydrogens is 1100 g/mol. The van der Waals surface area contributed by atoms with Crippen LogP contribution in [0.15, 0.2) is 11.6 Å². The second kappa shape index (κ2) is 23.1. The van der Waals surface area contributed by atoms with Crippen LogP contribution < -0.4 is 0 Å². The van der Waals surface area contributed by atoms with E-state index in [1.165, 1.54) is 14.0 Å². The second-order valence-electron chi connectivity index (χ2n) is 26.0. The predicted octanol–water partition coefficient (Wildman–Crippen LogP) is -1.40. The normalized spacial score (nSPS) is 51.7. The molecule has 0 bridgehead atoms. The van der Waals surface area contributed by atoms with Crippen molar-refractivity contribution < 1.29 is 125 Å². The Balaban J connectivity index is 0.911. The van der Waals surface area contributed by atoms with Crippen molar-refractivity contribution in [3.05, 3.63) is 11.6 Å². The minimum atomic E-state index is -5.19. The lowest BCUT2D eigenvalue weighted by Crippen LogP contribution is -2.68. The van der Waals surface area contributed by atoms with Crippen molar-refractivity contribution in [1.82, 2.24) is 0 Å². The molecule has 8 fully saturated rings. The zero-order valence-corrected chi connectivity index (χ0v) is 48.2. The Kier molecular flexibility index (Phi) is 18.2. The molecule has 5 heterocycles. The summed E-state index contributed by atoms with van der Waals surface area (Å²) in [5.74, 6) is -0.430. The smallest absolute Gasteiger partial charge is 0.397 e. The Morgan fingerprint density at radius 1 is 0.704 bits per heavy atom. The van der Waals surface area contributed by atoms with Crippen LogP contribution in [0.25, 0.3) is 0 Å². The minimum absolute atomic E-state index is 0.111. The van der Waals surface area contributed by atoms with Gasteiger partial charge in [0, 0.05) is 7.11 Å². The van der Waals surface area contributed by atoms with Crippen LogP contribution in [-0.2, 0) is 66.7 Å². The lowest BCUT2D eigenvalue weighted by Gasteiger charge is -2.64. The number of hydrogen-bond donors (Lipinski definition) is 12. The van der Waals surface area contributed by atoms with Gasteiger partial charge in [-0.15, -0.1) is 0 Å². The van der Waals surface area contributed by atoms with Crippen LogP contribution in [0, 0.1) is 39.4 Å². The van der Waals surface area contributed by atoms with Crippen molar-refractivity contribution in [1.29, 1.82) is 0 Å². The number of ether oxygens (including phenoxy) is 10. The van der Waals surface area contributed by atoms with E-state index in [1.54, 1.807) is 0 Å². The van der Waals surface area contributed by atoms with Crippen LogP contribution >= 0.6 is 0 Å². The van der Waals surface area contributed by atoms with E-state index in [-0.39, 0.29) is 11.8 Å². The van der Waals surface area contributed by atoms with Crippen molar-refractivity contribution in [2.75, 3.05) is 26.9 Å². The molecule has 9 rings (SSSR count). The number of methoxy groups -OCH3 is 1. The van der Waals surface area contributed by atoms with Gasteiger partial charge in [0.05, 0.1) is 38.1 Å². The van der Waals surface area contributed by atoms with E-state index in [0.717, 1.165) is 18.4 Å². The van der Waals surface area contributed by atoms with E-state index in [4.69, 9.17) is 51.6 Å². The average molecular weight is 1190 g/mol. The van der Waals surface area contributed by atoms with E-state index >= 15 is 0 Å². The highest BCUT2D eigenvalue weighted by molar-refractivity contribution is 7.80. The summed E-state index contributed by atoms with van der Waals surface area (Å²) in [6.45, 7) is 13.5. The molecule has 0 aromatic carbocycles. The van der Waals surface area contributed by atoms with Crippen molar-refractivity contribution in [2.24, 2.45) is 39.4 Å². The molecule has 0 aromatic heterocycles. The number of carbonyl (C=O) groups is 1. The summed E-state index contributed by atoms with van der Waals surface area (Å²) in [6.07, 6.45) is -27.3. The molecule has 3 unspecified atom stereocenters. The van der Waals surface area contributed by atoms with Crippen molar-refractivity contribution >= 4 is 16.4 Å². The van der Waals surface area contributed by atoms with Gasteiger partial charge in [-0.2, -0.15) is 8.42 Å². The van der Waals surface area contributed by atoms with Crippen LogP contribution in [0.5, 0.6) is 0 Å². The van der Waals surface area contributed by atoms with Gasteiger partial charge in [0.25, 0.3) is 0 Å².